The van der Waals surface area contributed by atoms with Gasteiger partial charge >= 0.3 is 10.3 Å². The van der Waals surface area contributed by atoms with Crippen LogP contribution < -0.4 is 5.14 Å². The van der Waals surface area contributed by atoms with E-state index in [1.807, 2.05) is 6.20 Å². The summed E-state index contributed by atoms with van der Waals surface area (Å²) in [5.74, 6) is 0.757. The number of nitrogens with two attached hydrogens (primary N) is 1. The molecule has 2 aliphatic carbocycles. The molecule has 8 nitrogen and oxygen atoms in total. The minimum absolute atomic E-state index is 0.00456. The zero-order valence-corrected chi connectivity index (χ0v) is 19.5. The fourth-order valence-electron chi connectivity index (χ4n) is 5.82. The Morgan fingerprint density at radius 3 is 2.79 bits per heavy atom. The van der Waals surface area contributed by atoms with Crippen LogP contribution in [0.15, 0.2) is 42.9 Å². The monoisotopic (exact) mass is 470 g/mol. The van der Waals surface area contributed by atoms with Crippen LogP contribution in [0, 0.1) is 11.8 Å². The van der Waals surface area contributed by atoms with Crippen molar-refractivity contribution in [2.24, 2.45) is 17.0 Å². The number of hydrogen-bond donors (Lipinski definition) is 2. The Balaban J connectivity index is 1.39. The van der Waals surface area contributed by atoms with Crippen molar-refractivity contribution < 1.29 is 17.7 Å². The summed E-state index contributed by atoms with van der Waals surface area (Å²) < 4.78 is 29.1. The quantitative estimate of drug-likeness (QED) is 0.548. The predicted molar refractivity (Wildman–Crippen MR) is 125 cm³/mol. The zero-order chi connectivity index (χ0) is 23.2. The Morgan fingerprint density at radius 2 is 2.00 bits per heavy atom. The molecule has 0 bridgehead atoms. The molecule has 3 N–H and O–H groups in total. The topological polar surface area (TPSA) is 120 Å². The van der Waals surface area contributed by atoms with E-state index < -0.39 is 16.4 Å². The summed E-state index contributed by atoms with van der Waals surface area (Å²) in [4.78, 5) is 9.23. The molecule has 33 heavy (non-hydrogen) atoms. The molecule has 2 aromatic heterocycles. The maximum Gasteiger partial charge on any atom is 0.333 e. The second kappa shape index (κ2) is 8.79. The first-order valence-electron chi connectivity index (χ1n) is 11.6. The highest BCUT2D eigenvalue weighted by Gasteiger charge is 2.36. The molecule has 176 valence electrons. The van der Waals surface area contributed by atoms with E-state index in [-0.39, 0.29) is 18.6 Å². The fraction of sp³-hybridized carbons (Fsp3) is 0.500. The molecule has 1 fully saturated rings. The van der Waals surface area contributed by atoms with Crippen LogP contribution in [0.25, 0.3) is 11.0 Å². The maximum atomic E-state index is 11.1. The van der Waals surface area contributed by atoms with E-state index in [4.69, 9.17) is 9.32 Å². The van der Waals surface area contributed by atoms with Crippen LogP contribution in [-0.4, -0.2) is 40.8 Å². The number of aromatic nitrogens is 3. The van der Waals surface area contributed by atoms with Crippen LogP contribution in [0.4, 0.5) is 0 Å². The van der Waals surface area contributed by atoms with Gasteiger partial charge in [-0.2, -0.15) is 8.42 Å². The molecule has 9 heteroatoms. The summed E-state index contributed by atoms with van der Waals surface area (Å²) >= 11 is 0. The van der Waals surface area contributed by atoms with E-state index in [1.165, 1.54) is 11.1 Å². The van der Waals surface area contributed by atoms with Gasteiger partial charge in [0.25, 0.3) is 0 Å². The molecule has 2 heterocycles. The second-order valence-electron chi connectivity index (χ2n) is 9.39. The number of fused-ring (bicyclic) bond motifs is 2. The smallest absolute Gasteiger partial charge is 0.333 e. The van der Waals surface area contributed by atoms with Crippen LogP contribution in [0.5, 0.6) is 0 Å². The molecule has 0 saturated heterocycles. The highest BCUT2D eigenvalue weighted by atomic mass is 32.2. The van der Waals surface area contributed by atoms with Crippen molar-refractivity contribution >= 4 is 21.3 Å². The maximum absolute atomic E-state index is 11.1. The van der Waals surface area contributed by atoms with Crippen molar-refractivity contribution in [2.75, 3.05) is 6.61 Å². The van der Waals surface area contributed by atoms with E-state index in [0.29, 0.717) is 24.7 Å². The summed E-state index contributed by atoms with van der Waals surface area (Å²) in [7, 11) is -4.02. The number of benzene rings is 1. The van der Waals surface area contributed by atoms with E-state index in [2.05, 4.69) is 51.8 Å². The zero-order valence-electron chi connectivity index (χ0n) is 18.7. The van der Waals surface area contributed by atoms with Gasteiger partial charge in [-0.15, -0.1) is 0 Å². The Morgan fingerprint density at radius 1 is 1.18 bits per heavy atom. The van der Waals surface area contributed by atoms with Gasteiger partial charge in [0, 0.05) is 23.5 Å². The Hall–Kier alpha value is -2.33. The van der Waals surface area contributed by atoms with Gasteiger partial charge in [0.2, 0.25) is 0 Å². The van der Waals surface area contributed by atoms with Gasteiger partial charge in [0.15, 0.2) is 0 Å². The number of aliphatic hydroxyl groups excluding tert-OH is 1. The van der Waals surface area contributed by atoms with Gasteiger partial charge in [-0.1, -0.05) is 37.6 Å². The first-order chi connectivity index (χ1) is 15.8. The lowest BCUT2D eigenvalue weighted by molar-refractivity contribution is 0.100. The third-order valence-corrected chi connectivity index (χ3v) is 7.97. The average molecular weight is 471 g/mol. The van der Waals surface area contributed by atoms with Crippen molar-refractivity contribution in [3.8, 4) is 0 Å². The average Bonchev–Trinajstić information content (AvgIpc) is 3.47. The van der Waals surface area contributed by atoms with Crippen molar-refractivity contribution in [1.29, 1.82) is 0 Å². The van der Waals surface area contributed by atoms with Gasteiger partial charge < -0.3 is 9.67 Å². The molecule has 1 aromatic carbocycles. The van der Waals surface area contributed by atoms with Crippen LogP contribution >= 0.6 is 0 Å². The fourth-order valence-corrected chi connectivity index (χ4v) is 6.18. The molecule has 0 unspecified atom stereocenters. The van der Waals surface area contributed by atoms with Gasteiger partial charge in [0.1, 0.15) is 12.0 Å². The molecule has 3 aromatic rings. The molecule has 0 radical (unpaired) electrons. The van der Waals surface area contributed by atoms with Crippen molar-refractivity contribution in [1.82, 2.24) is 14.5 Å². The Labute approximate surface area is 194 Å². The van der Waals surface area contributed by atoms with Gasteiger partial charge in [-0.05, 0) is 54.7 Å². The van der Waals surface area contributed by atoms with Gasteiger partial charge in [-0.3, -0.25) is 4.18 Å². The molecular formula is C24H30N4O4S. The van der Waals surface area contributed by atoms with E-state index in [9.17, 15) is 13.5 Å². The highest BCUT2D eigenvalue weighted by molar-refractivity contribution is 7.84. The normalized spacial score (nSPS) is 27.3. The van der Waals surface area contributed by atoms with Gasteiger partial charge in [-0.25, -0.2) is 15.1 Å². The molecule has 1 saturated carbocycles. The van der Waals surface area contributed by atoms with Crippen molar-refractivity contribution in [3.63, 3.8) is 0 Å². The second-order valence-corrected chi connectivity index (χ2v) is 10.6. The molecule has 0 aliphatic heterocycles. The highest BCUT2D eigenvalue weighted by Crippen LogP contribution is 2.42. The third-order valence-electron chi connectivity index (χ3n) is 7.51. The molecular weight excluding hydrogens is 440 g/mol. The molecule has 0 amide bonds. The molecule has 2 aliphatic rings. The first-order valence-corrected chi connectivity index (χ1v) is 13.0. The molecule has 5 rings (SSSR count). The largest absolute Gasteiger partial charge is 0.393 e. The lowest BCUT2D eigenvalue weighted by atomic mass is 9.86. The number of aliphatic hydroxyl groups is 1. The Kier molecular flexibility index (Phi) is 5.98. The van der Waals surface area contributed by atoms with E-state index in [1.54, 1.807) is 6.33 Å². The lowest BCUT2D eigenvalue weighted by Crippen LogP contribution is -2.24. The minimum Gasteiger partial charge on any atom is -0.393 e. The summed E-state index contributed by atoms with van der Waals surface area (Å²) in [5, 5.41) is 16.4. The first kappa shape index (κ1) is 22.5. The van der Waals surface area contributed by atoms with Gasteiger partial charge in [0.05, 0.1) is 18.4 Å². The number of nitrogens with zero attached hydrogens (tertiary/aromatic N) is 3. The SMILES string of the molecule is CC[C@H]1Cc2ccccc2[C@H]1Cc1ncnc2c1ccn2[C@@H]1C[C@@H](COS(N)(=O)=O)[C@@H](O)C1. The number of hydrogen-bond acceptors (Lipinski definition) is 6. The van der Waals surface area contributed by atoms with Crippen LogP contribution in [0.3, 0.4) is 0 Å². The van der Waals surface area contributed by atoms with E-state index >= 15 is 0 Å². The third kappa shape index (κ3) is 4.42. The van der Waals surface area contributed by atoms with Crippen molar-refractivity contribution in [3.05, 3.63) is 59.7 Å². The lowest BCUT2D eigenvalue weighted by Gasteiger charge is -2.19. The summed E-state index contributed by atoms with van der Waals surface area (Å²) in [6, 6.07) is 10.8. The summed E-state index contributed by atoms with van der Waals surface area (Å²) in [6.45, 7) is 2.15. The Bertz CT molecular complexity index is 1260. The molecule has 0 spiro atoms. The number of rotatable bonds is 7. The van der Waals surface area contributed by atoms with Crippen LogP contribution in [0.1, 0.15) is 55.0 Å². The predicted octanol–water partition coefficient (Wildman–Crippen LogP) is 2.87. The molecule has 5 atom stereocenters. The summed E-state index contributed by atoms with van der Waals surface area (Å²) in [6.07, 6.45) is 7.20. The van der Waals surface area contributed by atoms with Crippen molar-refractivity contribution in [2.45, 2.75) is 57.1 Å². The van der Waals surface area contributed by atoms with Crippen LogP contribution in [0.2, 0.25) is 0 Å². The minimum atomic E-state index is -4.02. The van der Waals surface area contributed by atoms with E-state index in [0.717, 1.165) is 36.0 Å². The summed E-state index contributed by atoms with van der Waals surface area (Å²) in [5.41, 5.74) is 4.79. The van der Waals surface area contributed by atoms with Crippen LogP contribution in [-0.2, 0) is 27.3 Å². The standard InChI is InChI=1S/C24H30N4O4S/c1-2-15-9-16-5-3-4-6-19(16)21(15)12-22-20-7-8-28(24(20)27-14-26-22)18-10-17(23(29)11-18)13-32-33(25,30)31/h3-8,14-15,17-18,21,23,29H,2,9-13H2,1H3,(H2,25,30,31)/t15-,17-,18+,21-,23-/m0/s1.